The summed E-state index contributed by atoms with van der Waals surface area (Å²) in [5.74, 6) is 0.593. The Bertz CT molecular complexity index is 553. The molecule has 0 aliphatic heterocycles. The molecule has 0 spiro atoms. The monoisotopic (exact) mass is 389 g/mol. The Kier molecular flexibility index (Phi) is 8.35. The predicted molar refractivity (Wildman–Crippen MR) is 89.1 cm³/mol. The molecule has 0 fully saturated rings. The molecule has 0 saturated carbocycles. The van der Waals surface area contributed by atoms with Gasteiger partial charge in [-0.25, -0.2) is 0 Å². The number of halogens is 1. The van der Waals surface area contributed by atoms with Crippen molar-refractivity contribution in [2.75, 3.05) is 26.8 Å². The quantitative estimate of drug-likeness (QED) is 0.272. The molecule has 0 aliphatic carbocycles. The minimum absolute atomic E-state index is 0.0432. The number of rotatable bonds is 10. The molecule has 23 heavy (non-hydrogen) atoms. The highest BCUT2D eigenvalue weighted by Gasteiger charge is 2.19. The molecule has 9 heteroatoms. The molecule has 0 aromatic heterocycles. The number of amides is 1. The molecular formula is C14H20BrN3O5. The molecule has 0 saturated heterocycles. The number of ether oxygens (including phenoxy) is 2. The third kappa shape index (κ3) is 6.03. The maximum atomic E-state index is 11.4. The lowest BCUT2D eigenvalue weighted by molar-refractivity contribution is -0.385. The van der Waals surface area contributed by atoms with Crippen LogP contribution in [0.1, 0.15) is 18.4 Å². The fraction of sp³-hybridized carbons (Fsp3) is 0.500. The van der Waals surface area contributed by atoms with Gasteiger partial charge < -0.3 is 20.5 Å². The van der Waals surface area contributed by atoms with Gasteiger partial charge in [0, 0.05) is 30.4 Å². The molecule has 1 amide bonds. The number of nitro benzene ring substituents is 1. The number of hydrogen-bond acceptors (Lipinski definition) is 6. The lowest BCUT2D eigenvalue weighted by Gasteiger charge is -2.12. The van der Waals surface area contributed by atoms with Crippen molar-refractivity contribution in [3.05, 3.63) is 27.8 Å². The summed E-state index contributed by atoms with van der Waals surface area (Å²) in [7, 11) is 1.46. The third-order valence-corrected chi connectivity index (χ3v) is 3.58. The van der Waals surface area contributed by atoms with E-state index in [0.717, 1.165) is 0 Å². The molecule has 0 heterocycles. The summed E-state index contributed by atoms with van der Waals surface area (Å²) in [4.78, 5) is 22.0. The zero-order chi connectivity index (χ0) is 17.2. The van der Waals surface area contributed by atoms with Gasteiger partial charge in [0.25, 0.3) is 5.69 Å². The first kappa shape index (κ1) is 19.2. The van der Waals surface area contributed by atoms with Crippen molar-refractivity contribution in [3.63, 3.8) is 0 Å². The van der Waals surface area contributed by atoms with E-state index in [1.165, 1.54) is 13.2 Å². The van der Waals surface area contributed by atoms with Gasteiger partial charge in [-0.1, -0.05) is 15.9 Å². The molecule has 0 atom stereocenters. The second kappa shape index (κ2) is 10.0. The summed E-state index contributed by atoms with van der Waals surface area (Å²) >= 11 is 3.21. The second-order valence-corrected chi connectivity index (χ2v) is 5.17. The topological polar surface area (TPSA) is 117 Å². The van der Waals surface area contributed by atoms with Crippen molar-refractivity contribution >= 4 is 27.5 Å². The summed E-state index contributed by atoms with van der Waals surface area (Å²) in [6, 6.07) is 2.90. The Balaban J connectivity index is 2.67. The molecule has 1 rings (SSSR count). The van der Waals surface area contributed by atoms with Gasteiger partial charge in [0.2, 0.25) is 5.91 Å². The average Bonchev–Trinajstić information content (AvgIpc) is 2.55. The number of benzene rings is 1. The van der Waals surface area contributed by atoms with Crippen LogP contribution in [0.3, 0.4) is 0 Å². The Morgan fingerprint density at radius 3 is 2.74 bits per heavy atom. The highest BCUT2D eigenvalue weighted by molar-refractivity contribution is 9.08. The Morgan fingerprint density at radius 1 is 1.43 bits per heavy atom. The van der Waals surface area contributed by atoms with Crippen LogP contribution in [-0.2, 0) is 10.1 Å². The van der Waals surface area contributed by atoms with Crippen LogP contribution in [0.4, 0.5) is 5.69 Å². The third-order valence-electron chi connectivity index (χ3n) is 2.98. The molecule has 3 N–H and O–H groups in total. The number of carbonyl (C=O) groups excluding carboxylic acids is 1. The van der Waals surface area contributed by atoms with Crippen LogP contribution >= 0.6 is 15.9 Å². The van der Waals surface area contributed by atoms with Crippen molar-refractivity contribution < 1.29 is 19.2 Å². The fourth-order valence-corrected chi connectivity index (χ4v) is 2.30. The number of nitrogens with one attached hydrogen (secondary N) is 1. The number of methoxy groups -OCH3 is 1. The molecule has 1 aromatic carbocycles. The maximum Gasteiger partial charge on any atom is 0.277 e. The number of carbonyl (C=O) groups is 1. The van der Waals surface area contributed by atoms with E-state index in [1.807, 2.05) is 0 Å². The highest BCUT2D eigenvalue weighted by atomic mass is 79.9. The van der Waals surface area contributed by atoms with Crippen LogP contribution in [0.5, 0.6) is 11.5 Å². The van der Waals surface area contributed by atoms with Crippen LogP contribution in [0.25, 0.3) is 0 Å². The van der Waals surface area contributed by atoms with E-state index in [4.69, 9.17) is 15.2 Å². The van der Waals surface area contributed by atoms with Gasteiger partial charge in [0.05, 0.1) is 24.7 Å². The van der Waals surface area contributed by atoms with Gasteiger partial charge in [-0.2, -0.15) is 0 Å². The van der Waals surface area contributed by atoms with Crippen LogP contribution in [0.15, 0.2) is 12.1 Å². The summed E-state index contributed by atoms with van der Waals surface area (Å²) in [6.07, 6.45) is 0.775. The number of nitrogens with zero attached hydrogens (tertiary/aromatic N) is 1. The first-order valence-electron chi connectivity index (χ1n) is 7.04. The lowest BCUT2D eigenvalue weighted by atomic mass is 10.2. The largest absolute Gasteiger partial charge is 0.493 e. The Morgan fingerprint density at radius 2 is 2.17 bits per heavy atom. The van der Waals surface area contributed by atoms with Gasteiger partial charge in [0.15, 0.2) is 11.5 Å². The van der Waals surface area contributed by atoms with Gasteiger partial charge in [-0.15, -0.1) is 0 Å². The lowest BCUT2D eigenvalue weighted by Crippen LogP contribution is -2.29. The van der Waals surface area contributed by atoms with Crippen LogP contribution in [0, 0.1) is 10.1 Å². The molecule has 0 radical (unpaired) electrons. The fourth-order valence-electron chi connectivity index (χ4n) is 1.86. The van der Waals surface area contributed by atoms with Crippen LogP contribution in [-0.4, -0.2) is 37.6 Å². The number of nitro groups is 1. The molecule has 0 unspecified atom stereocenters. The van der Waals surface area contributed by atoms with E-state index in [0.29, 0.717) is 42.6 Å². The highest BCUT2D eigenvalue weighted by Crippen LogP contribution is 2.35. The van der Waals surface area contributed by atoms with Crippen molar-refractivity contribution in [1.29, 1.82) is 0 Å². The van der Waals surface area contributed by atoms with E-state index in [-0.39, 0.29) is 24.0 Å². The predicted octanol–water partition coefficient (Wildman–Crippen LogP) is 1.73. The molecule has 8 nitrogen and oxygen atoms in total. The number of nitrogens with two attached hydrogens (primary N) is 1. The normalized spacial score (nSPS) is 10.2. The Labute approximate surface area is 142 Å². The SMILES string of the molecule is COc1cc(CBr)c([N+](=O)[O-])cc1OCCCC(=O)NCCN. The second-order valence-electron chi connectivity index (χ2n) is 4.61. The summed E-state index contributed by atoms with van der Waals surface area (Å²) in [5, 5.41) is 14.1. The van der Waals surface area contributed by atoms with Crippen molar-refractivity contribution in [1.82, 2.24) is 5.32 Å². The van der Waals surface area contributed by atoms with Crippen LogP contribution < -0.4 is 20.5 Å². The van der Waals surface area contributed by atoms with Crippen molar-refractivity contribution in [2.45, 2.75) is 18.2 Å². The Hall–Kier alpha value is -1.87. The minimum Gasteiger partial charge on any atom is -0.493 e. The first-order chi connectivity index (χ1) is 11.0. The standard InChI is InChI=1S/C14H20BrN3O5/c1-22-12-7-10(9-15)11(18(20)21)8-13(12)23-6-2-3-14(19)17-5-4-16/h7-8H,2-6,9,16H2,1H3,(H,17,19). The smallest absolute Gasteiger partial charge is 0.277 e. The van der Waals surface area contributed by atoms with Crippen LogP contribution in [0.2, 0.25) is 0 Å². The minimum atomic E-state index is -0.469. The summed E-state index contributed by atoms with van der Waals surface area (Å²) < 4.78 is 10.7. The van der Waals surface area contributed by atoms with Gasteiger partial charge in [-0.3, -0.25) is 14.9 Å². The molecule has 0 bridgehead atoms. The molecule has 1 aromatic rings. The summed E-state index contributed by atoms with van der Waals surface area (Å²) in [6.45, 7) is 1.08. The van der Waals surface area contributed by atoms with E-state index in [1.54, 1.807) is 6.07 Å². The van der Waals surface area contributed by atoms with Crippen molar-refractivity contribution in [3.8, 4) is 11.5 Å². The molecule has 0 aliphatic rings. The van der Waals surface area contributed by atoms with E-state index >= 15 is 0 Å². The van der Waals surface area contributed by atoms with E-state index in [2.05, 4.69) is 21.2 Å². The van der Waals surface area contributed by atoms with Gasteiger partial charge >= 0.3 is 0 Å². The zero-order valence-corrected chi connectivity index (χ0v) is 14.4. The average molecular weight is 390 g/mol. The van der Waals surface area contributed by atoms with Crippen molar-refractivity contribution in [2.24, 2.45) is 5.73 Å². The molecule has 128 valence electrons. The van der Waals surface area contributed by atoms with Gasteiger partial charge in [-0.05, 0) is 12.5 Å². The molecular weight excluding hydrogens is 370 g/mol. The zero-order valence-electron chi connectivity index (χ0n) is 12.8. The van der Waals surface area contributed by atoms with E-state index in [9.17, 15) is 14.9 Å². The summed E-state index contributed by atoms with van der Waals surface area (Å²) in [5.41, 5.74) is 5.75. The number of alkyl halides is 1. The van der Waals surface area contributed by atoms with E-state index < -0.39 is 4.92 Å². The van der Waals surface area contributed by atoms with Gasteiger partial charge in [0.1, 0.15) is 0 Å². The first-order valence-corrected chi connectivity index (χ1v) is 8.16. The number of hydrogen-bond donors (Lipinski definition) is 2. The maximum absolute atomic E-state index is 11.4.